The van der Waals surface area contributed by atoms with Crippen LogP contribution in [0.4, 0.5) is 4.39 Å². The predicted octanol–water partition coefficient (Wildman–Crippen LogP) is 0.956. The van der Waals surface area contributed by atoms with Gasteiger partial charge in [0.05, 0.1) is 18.2 Å². The first kappa shape index (κ1) is 11.2. The summed E-state index contributed by atoms with van der Waals surface area (Å²) in [6, 6.07) is 3.83. The first-order valence-electron chi connectivity index (χ1n) is 4.16. The highest BCUT2D eigenvalue weighted by molar-refractivity contribution is 5.89. The zero-order chi connectivity index (χ0) is 11.3. The van der Waals surface area contributed by atoms with Crippen LogP contribution >= 0.6 is 0 Å². The molecule has 0 unspecified atom stereocenters. The zero-order valence-electron chi connectivity index (χ0n) is 8.08. The van der Waals surface area contributed by atoms with Crippen LogP contribution in [-0.2, 0) is 4.74 Å². The normalized spacial score (nSPS) is 9.00. The third-order valence-electron chi connectivity index (χ3n) is 1.69. The fraction of sp³-hybridized carbons (Fsp3) is 0.182. The number of aliphatic hydroxyl groups is 1. The Kier molecular flexibility index (Phi) is 3.83. The molecule has 0 bridgehead atoms. The summed E-state index contributed by atoms with van der Waals surface area (Å²) in [5.41, 5.74) is 0.265. The number of methoxy groups -OCH3 is 1. The number of carbonyl (C=O) groups excluding carboxylic acids is 1. The molecule has 0 aliphatic heterocycles. The lowest BCUT2D eigenvalue weighted by Crippen LogP contribution is -2.02. The predicted molar refractivity (Wildman–Crippen MR) is 51.7 cm³/mol. The standard InChI is InChI=1S/C11H9FO3/c1-15-11(14)9-5-4-8(3-2-6-13)10(12)7-9/h4-5,7,13H,6H2,1H3. The lowest BCUT2D eigenvalue weighted by Gasteiger charge is -2.00. The second kappa shape index (κ2) is 5.13. The first-order valence-corrected chi connectivity index (χ1v) is 4.16. The van der Waals surface area contributed by atoms with Gasteiger partial charge in [0.15, 0.2) is 0 Å². The Morgan fingerprint density at radius 2 is 2.33 bits per heavy atom. The number of halogens is 1. The number of hydrogen-bond donors (Lipinski definition) is 1. The van der Waals surface area contributed by atoms with E-state index in [2.05, 4.69) is 16.6 Å². The molecule has 3 nitrogen and oxygen atoms in total. The van der Waals surface area contributed by atoms with Gasteiger partial charge in [0.25, 0.3) is 0 Å². The van der Waals surface area contributed by atoms with E-state index < -0.39 is 11.8 Å². The van der Waals surface area contributed by atoms with E-state index in [4.69, 9.17) is 5.11 Å². The molecule has 0 spiro atoms. The summed E-state index contributed by atoms with van der Waals surface area (Å²) >= 11 is 0. The van der Waals surface area contributed by atoms with E-state index in [1.54, 1.807) is 0 Å². The molecule has 0 aliphatic rings. The van der Waals surface area contributed by atoms with Crippen LogP contribution in [0.15, 0.2) is 18.2 Å². The maximum atomic E-state index is 13.3. The molecule has 0 saturated carbocycles. The molecule has 78 valence electrons. The quantitative estimate of drug-likeness (QED) is 0.552. The highest BCUT2D eigenvalue weighted by Gasteiger charge is 2.08. The minimum absolute atomic E-state index is 0.129. The Balaban J connectivity index is 3.03. The fourth-order valence-corrected chi connectivity index (χ4v) is 0.996. The van der Waals surface area contributed by atoms with Gasteiger partial charge in [0.1, 0.15) is 12.4 Å². The van der Waals surface area contributed by atoms with Crippen molar-refractivity contribution in [2.24, 2.45) is 0 Å². The van der Waals surface area contributed by atoms with E-state index in [1.807, 2.05) is 0 Å². The van der Waals surface area contributed by atoms with E-state index in [9.17, 15) is 9.18 Å². The summed E-state index contributed by atoms with van der Waals surface area (Å²) in [6.45, 7) is -0.335. The lowest BCUT2D eigenvalue weighted by molar-refractivity contribution is 0.0600. The Hall–Kier alpha value is -1.86. The van der Waals surface area contributed by atoms with Gasteiger partial charge in [0, 0.05) is 0 Å². The molecule has 1 rings (SSSR count). The summed E-state index contributed by atoms with van der Waals surface area (Å²) in [7, 11) is 1.22. The maximum Gasteiger partial charge on any atom is 0.337 e. The van der Waals surface area contributed by atoms with Gasteiger partial charge >= 0.3 is 5.97 Å². The van der Waals surface area contributed by atoms with Crippen LogP contribution in [0.5, 0.6) is 0 Å². The van der Waals surface area contributed by atoms with Crippen molar-refractivity contribution in [2.75, 3.05) is 13.7 Å². The molecule has 15 heavy (non-hydrogen) atoms. The van der Waals surface area contributed by atoms with Gasteiger partial charge in [-0.1, -0.05) is 11.8 Å². The maximum absolute atomic E-state index is 13.3. The highest BCUT2D eigenvalue weighted by Crippen LogP contribution is 2.10. The van der Waals surface area contributed by atoms with Gasteiger partial charge in [0.2, 0.25) is 0 Å². The molecule has 0 amide bonds. The average Bonchev–Trinajstić information content (AvgIpc) is 2.26. The van der Waals surface area contributed by atoms with Crippen LogP contribution in [0.25, 0.3) is 0 Å². The molecule has 0 saturated heterocycles. The topological polar surface area (TPSA) is 46.5 Å². The first-order chi connectivity index (χ1) is 7.19. The van der Waals surface area contributed by atoms with Crippen LogP contribution in [0.2, 0.25) is 0 Å². The molecular formula is C11H9FO3. The van der Waals surface area contributed by atoms with Crippen molar-refractivity contribution < 1.29 is 19.0 Å². The molecule has 0 fully saturated rings. The van der Waals surface area contributed by atoms with Crippen molar-refractivity contribution >= 4 is 5.97 Å². The number of aliphatic hydroxyl groups excluding tert-OH is 1. The van der Waals surface area contributed by atoms with Crippen molar-refractivity contribution in [1.29, 1.82) is 0 Å². The van der Waals surface area contributed by atoms with Crippen LogP contribution in [-0.4, -0.2) is 24.8 Å². The van der Waals surface area contributed by atoms with E-state index in [0.29, 0.717) is 0 Å². The molecule has 1 aromatic rings. The van der Waals surface area contributed by atoms with Crippen molar-refractivity contribution in [3.63, 3.8) is 0 Å². The summed E-state index contributed by atoms with van der Waals surface area (Å²) < 4.78 is 17.7. The second-order valence-corrected chi connectivity index (χ2v) is 2.65. The molecule has 0 aromatic heterocycles. The van der Waals surface area contributed by atoms with Crippen molar-refractivity contribution in [1.82, 2.24) is 0 Å². The van der Waals surface area contributed by atoms with Gasteiger partial charge in [-0.25, -0.2) is 9.18 Å². The third kappa shape index (κ3) is 2.79. The minimum Gasteiger partial charge on any atom is -0.465 e. The zero-order valence-corrected chi connectivity index (χ0v) is 8.08. The molecule has 0 atom stereocenters. The van der Waals surface area contributed by atoms with Gasteiger partial charge in [-0.15, -0.1) is 0 Å². The third-order valence-corrected chi connectivity index (χ3v) is 1.69. The number of esters is 1. The Morgan fingerprint density at radius 3 is 2.87 bits per heavy atom. The SMILES string of the molecule is COC(=O)c1ccc(C#CCO)c(F)c1. The van der Waals surface area contributed by atoms with E-state index in [1.165, 1.54) is 19.2 Å². The number of rotatable bonds is 1. The van der Waals surface area contributed by atoms with E-state index in [0.717, 1.165) is 6.07 Å². The monoisotopic (exact) mass is 208 g/mol. The van der Waals surface area contributed by atoms with Crippen LogP contribution < -0.4 is 0 Å². The van der Waals surface area contributed by atoms with Crippen LogP contribution in [0.3, 0.4) is 0 Å². The van der Waals surface area contributed by atoms with Gasteiger partial charge in [-0.2, -0.15) is 0 Å². The smallest absolute Gasteiger partial charge is 0.337 e. The molecule has 1 N–H and O–H groups in total. The fourth-order valence-electron chi connectivity index (χ4n) is 0.996. The number of hydrogen-bond acceptors (Lipinski definition) is 3. The van der Waals surface area contributed by atoms with Crippen molar-refractivity contribution in [3.8, 4) is 11.8 Å². The van der Waals surface area contributed by atoms with Crippen molar-refractivity contribution in [3.05, 3.63) is 35.1 Å². The molecular weight excluding hydrogens is 199 g/mol. The number of benzene rings is 1. The van der Waals surface area contributed by atoms with Gasteiger partial charge < -0.3 is 9.84 Å². The summed E-state index contributed by atoms with van der Waals surface area (Å²) in [6.07, 6.45) is 0. The Labute approximate surface area is 86.5 Å². The number of ether oxygens (including phenoxy) is 1. The molecule has 0 heterocycles. The highest BCUT2D eigenvalue weighted by atomic mass is 19.1. The van der Waals surface area contributed by atoms with E-state index >= 15 is 0 Å². The molecule has 0 radical (unpaired) electrons. The summed E-state index contributed by atoms with van der Waals surface area (Å²) in [5, 5.41) is 8.43. The Morgan fingerprint density at radius 1 is 1.60 bits per heavy atom. The van der Waals surface area contributed by atoms with Crippen molar-refractivity contribution in [2.45, 2.75) is 0 Å². The summed E-state index contributed by atoms with van der Waals surface area (Å²) in [4.78, 5) is 11.0. The second-order valence-electron chi connectivity index (χ2n) is 2.65. The molecule has 4 heteroatoms. The number of carbonyl (C=O) groups is 1. The van der Waals surface area contributed by atoms with E-state index in [-0.39, 0.29) is 17.7 Å². The molecule has 0 aliphatic carbocycles. The van der Waals surface area contributed by atoms with Gasteiger partial charge in [-0.05, 0) is 18.2 Å². The van der Waals surface area contributed by atoms with Crippen LogP contribution in [0.1, 0.15) is 15.9 Å². The average molecular weight is 208 g/mol. The minimum atomic E-state index is -0.612. The van der Waals surface area contributed by atoms with Gasteiger partial charge in [-0.3, -0.25) is 0 Å². The lowest BCUT2D eigenvalue weighted by atomic mass is 10.1. The molecule has 1 aromatic carbocycles. The van der Waals surface area contributed by atoms with Crippen LogP contribution in [0, 0.1) is 17.7 Å². The summed E-state index contributed by atoms with van der Waals surface area (Å²) in [5.74, 6) is 3.52. The largest absolute Gasteiger partial charge is 0.465 e. The Bertz CT molecular complexity index is 429.